The number of unbranched alkanes of at least 4 members (excludes halogenated alkanes) is 3. The lowest BCUT2D eigenvalue weighted by molar-refractivity contribution is 0.398. The van der Waals surface area contributed by atoms with Crippen molar-refractivity contribution in [3.05, 3.63) is 19.1 Å². The summed E-state index contributed by atoms with van der Waals surface area (Å²) in [6.45, 7) is 10.6. The van der Waals surface area contributed by atoms with E-state index in [0.29, 0.717) is 0 Å². The average molecular weight is 181 g/mol. The van der Waals surface area contributed by atoms with Crippen molar-refractivity contribution < 1.29 is 0 Å². The standard InChI is InChI=1S/C13H25/c1-5-7-8-9-11-13(10-6-2)12(3)4/h6,10,12-13H,2,5,7-9,11H2,1,3-4H3. The van der Waals surface area contributed by atoms with Gasteiger partial charge in [0.25, 0.3) is 0 Å². The third-order valence-electron chi connectivity index (χ3n) is 2.63. The third kappa shape index (κ3) is 6.86. The van der Waals surface area contributed by atoms with Gasteiger partial charge in [0.15, 0.2) is 0 Å². The molecule has 0 nitrogen and oxygen atoms in total. The molecule has 0 aliphatic rings. The van der Waals surface area contributed by atoms with Crippen LogP contribution in [-0.2, 0) is 0 Å². The lowest BCUT2D eigenvalue weighted by Gasteiger charge is -2.18. The lowest BCUT2D eigenvalue weighted by Crippen LogP contribution is -2.08. The van der Waals surface area contributed by atoms with E-state index < -0.39 is 0 Å². The fraction of sp³-hybridized carbons (Fsp3) is 0.769. The Labute approximate surface area is 84.4 Å². The molecule has 0 heterocycles. The van der Waals surface area contributed by atoms with E-state index in [2.05, 4.69) is 33.8 Å². The van der Waals surface area contributed by atoms with Crippen molar-refractivity contribution >= 4 is 0 Å². The smallest absolute Gasteiger partial charge is 0.0140 e. The van der Waals surface area contributed by atoms with E-state index in [0.717, 1.165) is 11.8 Å². The van der Waals surface area contributed by atoms with Crippen LogP contribution in [0.15, 0.2) is 12.7 Å². The summed E-state index contributed by atoms with van der Waals surface area (Å²) in [5.41, 5.74) is 0. The highest BCUT2D eigenvalue weighted by Crippen LogP contribution is 2.21. The Hall–Kier alpha value is -0.260. The van der Waals surface area contributed by atoms with Gasteiger partial charge in [0.1, 0.15) is 0 Å². The number of hydrogen-bond donors (Lipinski definition) is 0. The van der Waals surface area contributed by atoms with Crippen molar-refractivity contribution in [2.45, 2.75) is 52.9 Å². The fourth-order valence-corrected chi connectivity index (χ4v) is 1.63. The summed E-state index contributed by atoms with van der Waals surface area (Å²) in [7, 11) is 0. The van der Waals surface area contributed by atoms with Crippen molar-refractivity contribution in [1.29, 1.82) is 0 Å². The normalized spacial score (nSPS) is 13.2. The predicted molar refractivity (Wildman–Crippen MR) is 61.6 cm³/mol. The molecular weight excluding hydrogens is 156 g/mol. The van der Waals surface area contributed by atoms with Gasteiger partial charge in [0.05, 0.1) is 0 Å². The molecule has 0 aromatic rings. The minimum Gasteiger partial charge on any atom is -0.103 e. The molecule has 0 saturated heterocycles. The molecule has 0 aromatic heterocycles. The Kier molecular flexibility index (Phi) is 8.18. The van der Waals surface area contributed by atoms with Gasteiger partial charge in [-0.25, -0.2) is 0 Å². The highest BCUT2D eigenvalue weighted by atomic mass is 14.2. The van der Waals surface area contributed by atoms with E-state index in [1.54, 1.807) is 0 Å². The summed E-state index contributed by atoms with van der Waals surface area (Å²) >= 11 is 0. The topological polar surface area (TPSA) is 0 Å². The van der Waals surface area contributed by atoms with Crippen LogP contribution in [0, 0.1) is 18.3 Å². The Morgan fingerprint density at radius 1 is 1.15 bits per heavy atom. The zero-order valence-corrected chi connectivity index (χ0v) is 9.55. The molecule has 0 heteroatoms. The zero-order chi connectivity index (χ0) is 10.1. The zero-order valence-electron chi connectivity index (χ0n) is 9.55. The molecular formula is C13H25. The summed E-state index contributed by atoms with van der Waals surface area (Å²) in [4.78, 5) is 0. The first-order valence-electron chi connectivity index (χ1n) is 5.68. The molecule has 0 spiro atoms. The van der Waals surface area contributed by atoms with Gasteiger partial charge >= 0.3 is 0 Å². The summed E-state index contributed by atoms with van der Waals surface area (Å²) in [5.74, 6) is 1.51. The molecule has 1 unspecified atom stereocenters. The van der Waals surface area contributed by atoms with E-state index in [-0.39, 0.29) is 0 Å². The lowest BCUT2D eigenvalue weighted by atomic mass is 9.87. The Morgan fingerprint density at radius 2 is 1.85 bits per heavy atom. The number of allylic oxidation sites excluding steroid dienone is 1. The maximum Gasteiger partial charge on any atom is -0.0140 e. The molecule has 0 aromatic carbocycles. The molecule has 0 amide bonds. The van der Waals surface area contributed by atoms with Gasteiger partial charge in [-0.3, -0.25) is 0 Å². The van der Waals surface area contributed by atoms with E-state index in [4.69, 9.17) is 0 Å². The van der Waals surface area contributed by atoms with Gasteiger partial charge in [-0.15, -0.1) is 6.58 Å². The summed E-state index contributed by atoms with van der Waals surface area (Å²) in [5, 5.41) is 0. The Morgan fingerprint density at radius 3 is 2.31 bits per heavy atom. The summed E-state index contributed by atoms with van der Waals surface area (Å²) < 4.78 is 0. The number of hydrogen-bond acceptors (Lipinski definition) is 0. The maximum absolute atomic E-state index is 3.77. The van der Waals surface area contributed by atoms with Crippen molar-refractivity contribution in [3.63, 3.8) is 0 Å². The van der Waals surface area contributed by atoms with Crippen LogP contribution < -0.4 is 0 Å². The van der Waals surface area contributed by atoms with Gasteiger partial charge in [0.2, 0.25) is 0 Å². The van der Waals surface area contributed by atoms with Crippen LogP contribution in [0.25, 0.3) is 0 Å². The Balaban J connectivity index is 3.50. The number of rotatable bonds is 8. The fourth-order valence-electron chi connectivity index (χ4n) is 1.63. The molecule has 0 bridgehead atoms. The largest absolute Gasteiger partial charge is 0.103 e. The van der Waals surface area contributed by atoms with E-state index >= 15 is 0 Å². The SMILES string of the molecule is C=C[CH]C(CCCCCC)C(C)C. The van der Waals surface area contributed by atoms with E-state index in [1.807, 2.05) is 6.08 Å². The van der Waals surface area contributed by atoms with E-state index in [9.17, 15) is 0 Å². The molecule has 0 saturated carbocycles. The van der Waals surface area contributed by atoms with Gasteiger partial charge in [-0.2, -0.15) is 0 Å². The molecule has 1 radical (unpaired) electrons. The highest BCUT2D eigenvalue weighted by molar-refractivity contribution is 4.93. The van der Waals surface area contributed by atoms with Crippen LogP contribution in [0.2, 0.25) is 0 Å². The van der Waals surface area contributed by atoms with Crippen molar-refractivity contribution in [2.75, 3.05) is 0 Å². The first-order valence-corrected chi connectivity index (χ1v) is 5.68. The maximum atomic E-state index is 3.77. The van der Waals surface area contributed by atoms with Crippen LogP contribution in [-0.4, -0.2) is 0 Å². The van der Waals surface area contributed by atoms with Gasteiger partial charge in [0, 0.05) is 0 Å². The molecule has 0 aliphatic carbocycles. The van der Waals surface area contributed by atoms with Crippen molar-refractivity contribution in [3.8, 4) is 0 Å². The molecule has 0 aliphatic heterocycles. The van der Waals surface area contributed by atoms with Crippen LogP contribution in [0.3, 0.4) is 0 Å². The van der Waals surface area contributed by atoms with Crippen LogP contribution in [0.5, 0.6) is 0 Å². The van der Waals surface area contributed by atoms with Crippen LogP contribution in [0.1, 0.15) is 52.9 Å². The molecule has 1 atom stereocenters. The summed E-state index contributed by atoms with van der Waals surface area (Å²) in [6, 6.07) is 0. The first kappa shape index (κ1) is 12.7. The Bertz CT molecular complexity index is 113. The third-order valence-corrected chi connectivity index (χ3v) is 2.63. The second-order valence-electron chi connectivity index (χ2n) is 4.19. The van der Waals surface area contributed by atoms with Crippen LogP contribution in [0.4, 0.5) is 0 Å². The molecule has 0 rings (SSSR count). The monoisotopic (exact) mass is 181 g/mol. The van der Waals surface area contributed by atoms with Crippen molar-refractivity contribution in [1.82, 2.24) is 0 Å². The summed E-state index contributed by atoms with van der Waals surface area (Å²) in [6.07, 6.45) is 11.0. The highest BCUT2D eigenvalue weighted by Gasteiger charge is 2.10. The van der Waals surface area contributed by atoms with E-state index in [1.165, 1.54) is 32.1 Å². The minimum atomic E-state index is 0.745. The van der Waals surface area contributed by atoms with Gasteiger partial charge in [-0.1, -0.05) is 52.5 Å². The van der Waals surface area contributed by atoms with Gasteiger partial charge < -0.3 is 0 Å². The first-order chi connectivity index (χ1) is 6.22. The second-order valence-corrected chi connectivity index (χ2v) is 4.19. The van der Waals surface area contributed by atoms with Crippen molar-refractivity contribution in [2.24, 2.45) is 11.8 Å². The average Bonchev–Trinajstić information content (AvgIpc) is 2.10. The molecule has 0 fully saturated rings. The minimum absolute atomic E-state index is 0.745. The molecule has 0 N–H and O–H groups in total. The van der Waals surface area contributed by atoms with Crippen LogP contribution >= 0.6 is 0 Å². The van der Waals surface area contributed by atoms with Gasteiger partial charge in [-0.05, 0) is 24.7 Å². The molecule has 13 heavy (non-hydrogen) atoms. The quantitative estimate of drug-likeness (QED) is 0.479. The predicted octanol–water partition coefficient (Wildman–Crippen LogP) is 4.62. The second kappa shape index (κ2) is 8.34. The molecule has 77 valence electrons.